The van der Waals surface area contributed by atoms with E-state index in [2.05, 4.69) is 43.6 Å². The Bertz CT molecular complexity index is 259. The van der Waals surface area contributed by atoms with Gasteiger partial charge in [0, 0.05) is 17.5 Å². The maximum Gasteiger partial charge on any atom is 0.0667 e. The fourth-order valence-corrected chi connectivity index (χ4v) is 2.34. The first kappa shape index (κ1) is 12.7. The molecule has 0 fully saturated rings. The molecule has 0 spiro atoms. The smallest absolute Gasteiger partial charge is 0.0667 e. The lowest BCUT2D eigenvalue weighted by Crippen LogP contribution is -2.29. The molecule has 2 N–H and O–H groups in total. The molecule has 0 aliphatic carbocycles. The molecule has 0 amide bonds. The molecule has 3 heteroatoms. The third kappa shape index (κ3) is 4.78. The van der Waals surface area contributed by atoms with Crippen LogP contribution in [-0.4, -0.2) is 17.8 Å². The lowest BCUT2D eigenvalue weighted by molar-refractivity contribution is 0.143. The lowest BCUT2D eigenvalue weighted by Gasteiger charge is -2.17. The summed E-state index contributed by atoms with van der Waals surface area (Å²) in [6.45, 7) is 7.07. The van der Waals surface area contributed by atoms with Crippen molar-refractivity contribution in [1.29, 1.82) is 0 Å². The summed E-state index contributed by atoms with van der Waals surface area (Å²) in [4.78, 5) is 1.33. The highest BCUT2D eigenvalue weighted by Gasteiger charge is 2.10. The van der Waals surface area contributed by atoms with Crippen LogP contribution >= 0.6 is 11.3 Å². The van der Waals surface area contributed by atoms with E-state index in [4.69, 9.17) is 0 Å². The number of nitrogens with one attached hydrogen (secondary N) is 1. The van der Waals surface area contributed by atoms with E-state index in [0.717, 1.165) is 6.42 Å². The zero-order chi connectivity index (χ0) is 11.3. The van der Waals surface area contributed by atoms with Gasteiger partial charge in [-0.2, -0.15) is 0 Å². The van der Waals surface area contributed by atoms with E-state index in [1.807, 2.05) is 0 Å². The number of hydrogen-bond donors (Lipinski definition) is 2. The van der Waals surface area contributed by atoms with Crippen molar-refractivity contribution in [2.24, 2.45) is 5.92 Å². The molecular weight excluding hydrogens is 206 g/mol. The van der Waals surface area contributed by atoms with Gasteiger partial charge >= 0.3 is 0 Å². The fraction of sp³-hybridized carbons (Fsp3) is 0.667. The molecule has 1 aromatic rings. The van der Waals surface area contributed by atoms with Crippen molar-refractivity contribution in [3.05, 3.63) is 22.4 Å². The molecule has 86 valence electrons. The predicted molar refractivity (Wildman–Crippen MR) is 66.2 cm³/mol. The van der Waals surface area contributed by atoms with E-state index in [1.165, 1.54) is 4.88 Å². The van der Waals surface area contributed by atoms with Crippen molar-refractivity contribution in [2.45, 2.75) is 39.3 Å². The molecule has 0 saturated carbocycles. The summed E-state index contributed by atoms with van der Waals surface area (Å²) in [5, 5.41) is 15.1. The second-order valence-corrected chi connectivity index (χ2v) is 5.41. The third-order valence-electron chi connectivity index (χ3n) is 2.37. The molecule has 2 unspecified atom stereocenters. The van der Waals surface area contributed by atoms with Crippen LogP contribution in [0.3, 0.4) is 0 Å². The molecule has 1 rings (SSSR count). The molecule has 0 aromatic carbocycles. The number of aliphatic hydroxyl groups excluding tert-OH is 1. The molecule has 15 heavy (non-hydrogen) atoms. The van der Waals surface area contributed by atoms with Gasteiger partial charge in [-0.3, -0.25) is 0 Å². The van der Waals surface area contributed by atoms with Gasteiger partial charge in [-0.1, -0.05) is 19.9 Å². The molecule has 2 atom stereocenters. The highest BCUT2D eigenvalue weighted by molar-refractivity contribution is 7.10. The zero-order valence-corrected chi connectivity index (χ0v) is 10.6. The highest BCUT2D eigenvalue weighted by atomic mass is 32.1. The third-order valence-corrected chi connectivity index (χ3v) is 3.43. The van der Waals surface area contributed by atoms with Crippen LogP contribution in [0.5, 0.6) is 0 Å². The Hall–Kier alpha value is -0.380. The summed E-state index contributed by atoms with van der Waals surface area (Å²) in [5.41, 5.74) is 0. The van der Waals surface area contributed by atoms with Crippen LogP contribution in [0.25, 0.3) is 0 Å². The number of thiophene rings is 1. The van der Waals surface area contributed by atoms with Gasteiger partial charge < -0.3 is 10.4 Å². The van der Waals surface area contributed by atoms with Crippen molar-refractivity contribution >= 4 is 11.3 Å². The summed E-state index contributed by atoms with van der Waals surface area (Å²) in [5.74, 6) is 0.554. The molecule has 1 heterocycles. The summed E-state index contributed by atoms with van der Waals surface area (Å²) in [6, 6.07) is 4.52. The first-order valence-corrected chi connectivity index (χ1v) is 6.42. The maximum atomic E-state index is 9.71. The minimum atomic E-state index is -0.229. The van der Waals surface area contributed by atoms with Gasteiger partial charge in [0.2, 0.25) is 0 Å². The largest absolute Gasteiger partial charge is 0.392 e. The molecule has 0 bridgehead atoms. The summed E-state index contributed by atoms with van der Waals surface area (Å²) in [6.07, 6.45) is 0.636. The monoisotopic (exact) mass is 227 g/mol. The minimum absolute atomic E-state index is 0.229. The normalized spacial score (nSPS) is 15.5. The maximum absolute atomic E-state index is 9.71. The Balaban J connectivity index is 2.25. The second-order valence-electron chi connectivity index (χ2n) is 4.43. The molecular formula is C12H21NOS. The molecule has 0 saturated heterocycles. The molecule has 0 aliphatic heterocycles. The SMILES string of the molecule is CC(C)CC(O)CNC(C)c1cccs1. The summed E-state index contributed by atoms with van der Waals surface area (Å²) < 4.78 is 0. The second kappa shape index (κ2) is 6.26. The van der Waals surface area contributed by atoms with Gasteiger partial charge in [0.05, 0.1) is 6.10 Å². The van der Waals surface area contributed by atoms with Gasteiger partial charge in [0.15, 0.2) is 0 Å². The predicted octanol–water partition coefficient (Wildman–Crippen LogP) is 2.81. The van der Waals surface area contributed by atoms with Crippen LogP contribution in [0, 0.1) is 5.92 Å². The fourth-order valence-electron chi connectivity index (χ4n) is 1.58. The highest BCUT2D eigenvalue weighted by Crippen LogP contribution is 2.18. The van der Waals surface area contributed by atoms with Gasteiger partial charge in [0.25, 0.3) is 0 Å². The average molecular weight is 227 g/mol. The Morgan fingerprint density at radius 1 is 1.40 bits per heavy atom. The van der Waals surface area contributed by atoms with Crippen LogP contribution < -0.4 is 5.32 Å². The van der Waals surface area contributed by atoms with E-state index in [9.17, 15) is 5.11 Å². The molecule has 0 aliphatic rings. The van der Waals surface area contributed by atoms with Crippen LogP contribution in [0.2, 0.25) is 0 Å². The van der Waals surface area contributed by atoms with E-state index in [0.29, 0.717) is 18.5 Å². The van der Waals surface area contributed by atoms with Crippen molar-refractivity contribution < 1.29 is 5.11 Å². The summed E-state index contributed by atoms with van der Waals surface area (Å²) >= 11 is 1.75. The van der Waals surface area contributed by atoms with E-state index < -0.39 is 0 Å². The van der Waals surface area contributed by atoms with Gasteiger partial charge in [-0.05, 0) is 30.7 Å². The number of rotatable bonds is 6. The Morgan fingerprint density at radius 2 is 2.13 bits per heavy atom. The minimum Gasteiger partial charge on any atom is -0.392 e. The first-order chi connectivity index (χ1) is 7.09. The number of aliphatic hydroxyl groups is 1. The van der Waals surface area contributed by atoms with E-state index >= 15 is 0 Å². The van der Waals surface area contributed by atoms with Crippen LogP contribution in [0.1, 0.15) is 38.1 Å². The van der Waals surface area contributed by atoms with Crippen LogP contribution in [-0.2, 0) is 0 Å². The van der Waals surface area contributed by atoms with Crippen molar-refractivity contribution in [2.75, 3.05) is 6.54 Å². The first-order valence-electron chi connectivity index (χ1n) is 5.54. The average Bonchev–Trinajstić information content (AvgIpc) is 2.65. The van der Waals surface area contributed by atoms with Crippen molar-refractivity contribution in [1.82, 2.24) is 5.32 Å². The Morgan fingerprint density at radius 3 is 2.67 bits per heavy atom. The zero-order valence-electron chi connectivity index (χ0n) is 9.73. The standard InChI is InChI=1S/C12H21NOS/c1-9(2)7-11(14)8-13-10(3)12-5-4-6-15-12/h4-6,9-11,13-14H,7-8H2,1-3H3. The van der Waals surface area contributed by atoms with Crippen LogP contribution in [0.4, 0.5) is 0 Å². The molecule has 1 aromatic heterocycles. The Kier molecular flexibility index (Phi) is 5.29. The van der Waals surface area contributed by atoms with Gasteiger partial charge in [-0.15, -0.1) is 11.3 Å². The number of hydrogen-bond acceptors (Lipinski definition) is 3. The van der Waals surface area contributed by atoms with Crippen LogP contribution in [0.15, 0.2) is 17.5 Å². The lowest BCUT2D eigenvalue weighted by atomic mass is 10.1. The van der Waals surface area contributed by atoms with Crippen molar-refractivity contribution in [3.63, 3.8) is 0 Å². The molecule has 2 nitrogen and oxygen atoms in total. The van der Waals surface area contributed by atoms with Gasteiger partial charge in [-0.25, -0.2) is 0 Å². The Labute approximate surface area is 96.3 Å². The van der Waals surface area contributed by atoms with Gasteiger partial charge in [0.1, 0.15) is 0 Å². The van der Waals surface area contributed by atoms with E-state index in [-0.39, 0.29) is 6.10 Å². The topological polar surface area (TPSA) is 32.3 Å². The van der Waals surface area contributed by atoms with Crippen molar-refractivity contribution in [3.8, 4) is 0 Å². The molecule has 0 radical (unpaired) electrons. The summed E-state index contributed by atoms with van der Waals surface area (Å²) in [7, 11) is 0. The van der Waals surface area contributed by atoms with E-state index in [1.54, 1.807) is 11.3 Å². The quantitative estimate of drug-likeness (QED) is 0.783.